The molecule has 1 fully saturated rings. The number of hydrogen-bond donors (Lipinski definition) is 2. The Hall–Kier alpha value is -2.10. The average Bonchev–Trinajstić information content (AvgIpc) is 3.12. The van der Waals surface area contributed by atoms with E-state index in [0.29, 0.717) is 24.3 Å². The molecular weight excluding hydrogens is 401 g/mol. The van der Waals surface area contributed by atoms with Crippen LogP contribution in [0.1, 0.15) is 26.4 Å². The van der Waals surface area contributed by atoms with E-state index in [1.165, 1.54) is 17.4 Å². The summed E-state index contributed by atoms with van der Waals surface area (Å²) in [6, 6.07) is 3.82. The van der Waals surface area contributed by atoms with Crippen molar-refractivity contribution in [1.82, 2.24) is 10.2 Å². The highest BCUT2D eigenvalue weighted by atomic mass is 32.1. The number of nitrogens with zero attached hydrogens (tertiary/aromatic N) is 2. The predicted molar refractivity (Wildman–Crippen MR) is 109 cm³/mol. The number of thiophene rings is 1. The van der Waals surface area contributed by atoms with E-state index in [2.05, 4.69) is 15.5 Å². The number of fused-ring (bicyclic) bond motifs is 1. The zero-order chi connectivity index (χ0) is 20.6. The second-order valence-corrected chi connectivity index (χ2v) is 8.45. The molecule has 1 amide bonds. The highest BCUT2D eigenvalue weighted by molar-refractivity contribution is 7.10. The van der Waals surface area contributed by atoms with Gasteiger partial charge in [-0.15, -0.1) is 11.3 Å². The van der Waals surface area contributed by atoms with E-state index in [9.17, 15) is 18.0 Å². The number of nitrogens with one attached hydrogen (secondary N) is 2. The Labute approximate surface area is 171 Å². The monoisotopic (exact) mass is 424 g/mol. The molecule has 0 spiro atoms. The van der Waals surface area contributed by atoms with Crippen LogP contribution in [0.2, 0.25) is 0 Å². The molecule has 1 saturated heterocycles. The molecule has 2 N–H and O–H groups in total. The molecule has 2 aromatic rings. The standard InChI is InChI=1S/C20H23F3N4OS/c1-26-4-6-27(7-5-26)15-9-13(20(21,22)23)8-14(10-15)25-19(28)17-12-29-18-11-24-3-2-16(17)18/h8-10,12,24H,2-7,11H2,1H3,(H,25,28). The lowest BCUT2D eigenvalue weighted by atomic mass is 10.0. The number of likely N-dealkylation sites (N-methyl/N-ethyl adjacent to an activating group) is 1. The van der Waals surface area contributed by atoms with Crippen LogP contribution >= 0.6 is 11.3 Å². The van der Waals surface area contributed by atoms with Gasteiger partial charge in [-0.3, -0.25) is 4.79 Å². The van der Waals surface area contributed by atoms with Crippen molar-refractivity contribution < 1.29 is 18.0 Å². The predicted octanol–water partition coefficient (Wildman–Crippen LogP) is 3.42. The van der Waals surface area contributed by atoms with Crippen LogP contribution in [0, 0.1) is 0 Å². The molecule has 0 atom stereocenters. The molecule has 5 nitrogen and oxygen atoms in total. The Morgan fingerprint density at radius 2 is 1.93 bits per heavy atom. The largest absolute Gasteiger partial charge is 0.416 e. The molecule has 4 rings (SSSR count). The van der Waals surface area contributed by atoms with Crippen molar-refractivity contribution in [2.75, 3.05) is 50.0 Å². The Kier molecular flexibility index (Phi) is 5.54. The first-order valence-corrected chi connectivity index (χ1v) is 10.5. The van der Waals surface area contributed by atoms with E-state index in [1.807, 2.05) is 11.9 Å². The summed E-state index contributed by atoms with van der Waals surface area (Å²) >= 11 is 1.51. The smallest absolute Gasteiger partial charge is 0.369 e. The van der Waals surface area contributed by atoms with Gasteiger partial charge in [-0.05, 0) is 43.8 Å². The molecule has 3 heterocycles. The molecule has 1 aromatic carbocycles. The quantitative estimate of drug-likeness (QED) is 0.793. The number of anilines is 2. The number of piperazine rings is 1. The second-order valence-electron chi connectivity index (χ2n) is 7.49. The van der Waals surface area contributed by atoms with E-state index in [1.54, 1.807) is 11.4 Å². The van der Waals surface area contributed by atoms with Crippen LogP contribution in [0.15, 0.2) is 23.6 Å². The number of alkyl halides is 3. The Morgan fingerprint density at radius 3 is 2.66 bits per heavy atom. The first kappa shape index (κ1) is 20.2. The van der Waals surface area contributed by atoms with Crippen LogP contribution in [0.25, 0.3) is 0 Å². The van der Waals surface area contributed by atoms with E-state index in [-0.39, 0.29) is 11.6 Å². The summed E-state index contributed by atoms with van der Waals surface area (Å²) in [6.45, 7) is 4.39. The van der Waals surface area contributed by atoms with Crippen molar-refractivity contribution >= 4 is 28.6 Å². The first-order chi connectivity index (χ1) is 13.8. The zero-order valence-electron chi connectivity index (χ0n) is 16.1. The average molecular weight is 424 g/mol. The number of carbonyl (C=O) groups is 1. The molecule has 2 aliphatic rings. The summed E-state index contributed by atoms with van der Waals surface area (Å²) in [7, 11) is 1.99. The lowest BCUT2D eigenvalue weighted by molar-refractivity contribution is -0.137. The van der Waals surface area contributed by atoms with Crippen molar-refractivity contribution in [2.24, 2.45) is 0 Å². The third kappa shape index (κ3) is 4.41. The van der Waals surface area contributed by atoms with Crippen molar-refractivity contribution in [3.63, 3.8) is 0 Å². The molecule has 156 valence electrons. The van der Waals surface area contributed by atoms with Gasteiger partial charge in [-0.25, -0.2) is 0 Å². The van der Waals surface area contributed by atoms with Gasteiger partial charge in [0.25, 0.3) is 5.91 Å². The molecular formula is C20H23F3N4OS. The van der Waals surface area contributed by atoms with Gasteiger partial charge in [-0.2, -0.15) is 13.2 Å². The fraction of sp³-hybridized carbons (Fsp3) is 0.450. The molecule has 29 heavy (non-hydrogen) atoms. The fourth-order valence-corrected chi connectivity index (χ4v) is 4.79. The van der Waals surface area contributed by atoms with Gasteiger partial charge in [0.05, 0.1) is 11.1 Å². The van der Waals surface area contributed by atoms with Gasteiger partial charge in [0.15, 0.2) is 0 Å². The molecule has 0 radical (unpaired) electrons. The number of rotatable bonds is 3. The third-order valence-corrected chi connectivity index (χ3v) is 6.46. The van der Waals surface area contributed by atoms with Gasteiger partial charge >= 0.3 is 6.18 Å². The third-order valence-electron chi connectivity index (χ3n) is 5.43. The molecule has 0 aliphatic carbocycles. The van der Waals surface area contributed by atoms with E-state index in [0.717, 1.165) is 49.1 Å². The fourth-order valence-electron chi connectivity index (χ4n) is 3.74. The summed E-state index contributed by atoms with van der Waals surface area (Å²) in [6.07, 6.45) is -3.73. The van der Waals surface area contributed by atoms with Crippen molar-refractivity contribution in [1.29, 1.82) is 0 Å². The summed E-state index contributed by atoms with van der Waals surface area (Å²) in [4.78, 5) is 18.0. The van der Waals surface area contributed by atoms with Gasteiger partial charge in [0.1, 0.15) is 0 Å². The van der Waals surface area contributed by atoms with E-state index in [4.69, 9.17) is 0 Å². The maximum absolute atomic E-state index is 13.5. The van der Waals surface area contributed by atoms with Crippen LogP contribution < -0.4 is 15.5 Å². The number of halogens is 3. The summed E-state index contributed by atoms with van der Waals surface area (Å²) in [5, 5.41) is 7.76. The van der Waals surface area contributed by atoms with Crippen molar-refractivity contribution in [2.45, 2.75) is 19.1 Å². The van der Waals surface area contributed by atoms with Crippen LogP contribution in [0.3, 0.4) is 0 Å². The van der Waals surface area contributed by atoms with Crippen LogP contribution in [-0.4, -0.2) is 50.6 Å². The minimum Gasteiger partial charge on any atom is -0.369 e. The number of amides is 1. The topological polar surface area (TPSA) is 47.6 Å². The molecule has 0 bridgehead atoms. The van der Waals surface area contributed by atoms with Crippen molar-refractivity contribution in [3.05, 3.63) is 45.1 Å². The lowest BCUT2D eigenvalue weighted by Gasteiger charge is -2.34. The summed E-state index contributed by atoms with van der Waals surface area (Å²) in [5.74, 6) is -0.354. The molecule has 9 heteroatoms. The number of hydrogen-bond acceptors (Lipinski definition) is 5. The zero-order valence-corrected chi connectivity index (χ0v) is 16.9. The van der Waals surface area contributed by atoms with E-state index >= 15 is 0 Å². The van der Waals surface area contributed by atoms with Gasteiger partial charge in [0, 0.05) is 54.4 Å². The molecule has 1 aromatic heterocycles. The van der Waals surface area contributed by atoms with Gasteiger partial charge < -0.3 is 20.4 Å². The van der Waals surface area contributed by atoms with Crippen LogP contribution in [0.4, 0.5) is 24.5 Å². The van der Waals surface area contributed by atoms with Crippen LogP contribution in [-0.2, 0) is 19.1 Å². The SMILES string of the molecule is CN1CCN(c2cc(NC(=O)c3csc4c3CCNC4)cc(C(F)(F)F)c2)CC1. The maximum Gasteiger partial charge on any atom is 0.416 e. The minimum absolute atomic E-state index is 0.174. The van der Waals surface area contributed by atoms with Gasteiger partial charge in [0.2, 0.25) is 0 Å². The summed E-state index contributed by atoms with van der Waals surface area (Å²) in [5.41, 5.74) is 1.47. The van der Waals surface area contributed by atoms with Crippen LogP contribution in [0.5, 0.6) is 0 Å². The van der Waals surface area contributed by atoms with Gasteiger partial charge in [-0.1, -0.05) is 0 Å². The Morgan fingerprint density at radius 1 is 1.17 bits per heavy atom. The van der Waals surface area contributed by atoms with E-state index < -0.39 is 11.7 Å². The molecule has 0 unspecified atom stereocenters. The Bertz CT molecular complexity index is 904. The number of benzene rings is 1. The first-order valence-electron chi connectivity index (χ1n) is 9.58. The normalized spacial score (nSPS) is 17.9. The minimum atomic E-state index is -4.48. The van der Waals surface area contributed by atoms with Crippen molar-refractivity contribution in [3.8, 4) is 0 Å². The second kappa shape index (κ2) is 7.97. The molecule has 0 saturated carbocycles. The highest BCUT2D eigenvalue weighted by Crippen LogP contribution is 2.35. The molecule has 2 aliphatic heterocycles. The maximum atomic E-state index is 13.5. The Balaban J connectivity index is 1.61. The number of carbonyl (C=O) groups excluding carboxylic acids is 1. The summed E-state index contributed by atoms with van der Waals surface area (Å²) < 4.78 is 40.4. The highest BCUT2D eigenvalue weighted by Gasteiger charge is 2.32. The lowest BCUT2D eigenvalue weighted by Crippen LogP contribution is -2.44.